The Morgan fingerprint density at radius 2 is 1.35 bits per heavy atom. The van der Waals surface area contributed by atoms with Crippen LogP contribution in [-0.4, -0.2) is 19.9 Å². The van der Waals surface area contributed by atoms with Crippen molar-refractivity contribution in [2.24, 2.45) is 0 Å². The minimum atomic E-state index is 0.916. The van der Waals surface area contributed by atoms with Crippen molar-refractivity contribution in [1.82, 2.24) is 19.9 Å². The van der Waals surface area contributed by atoms with E-state index in [4.69, 9.17) is 0 Å². The van der Waals surface area contributed by atoms with Crippen LogP contribution in [0.25, 0.3) is 44.3 Å². The maximum atomic E-state index is 4.58. The summed E-state index contributed by atoms with van der Waals surface area (Å²) in [4.78, 5) is 15.4. The molecule has 0 aliphatic heterocycles. The molecule has 2 aromatic heterocycles. The molecule has 0 aliphatic carbocycles. The second-order valence-corrected chi connectivity index (χ2v) is 6.48. The fraction of sp³-hybridized carbons (Fsp3) is 0.0909. The van der Waals surface area contributed by atoms with Gasteiger partial charge in [0.15, 0.2) is 0 Å². The molecule has 4 nitrogen and oxygen atoms in total. The maximum Gasteiger partial charge on any atom is 0.106 e. The monoisotopic (exact) mass is 338 g/mol. The molecule has 4 heteroatoms. The van der Waals surface area contributed by atoms with Crippen molar-refractivity contribution in [3.05, 3.63) is 72.8 Å². The molecule has 0 bridgehead atoms. The van der Waals surface area contributed by atoms with Crippen LogP contribution in [0.3, 0.4) is 0 Å². The van der Waals surface area contributed by atoms with E-state index in [2.05, 4.69) is 81.5 Å². The van der Waals surface area contributed by atoms with Gasteiger partial charge in [0.1, 0.15) is 5.82 Å². The Kier molecular flexibility index (Phi) is 3.35. The lowest BCUT2D eigenvalue weighted by Crippen LogP contribution is -1.82. The summed E-state index contributed by atoms with van der Waals surface area (Å²) in [5.74, 6) is 1.03. The summed E-state index contributed by atoms with van der Waals surface area (Å²) in [5.41, 5.74) is 8.94. The topological polar surface area (TPSA) is 57.4 Å². The van der Waals surface area contributed by atoms with Crippen molar-refractivity contribution >= 4 is 22.1 Å². The Morgan fingerprint density at radius 1 is 0.731 bits per heavy atom. The van der Waals surface area contributed by atoms with Crippen LogP contribution in [0.15, 0.2) is 67.0 Å². The molecule has 0 amide bonds. The zero-order valence-corrected chi connectivity index (χ0v) is 14.5. The number of aryl methyl sites for hydroxylation is 1. The van der Waals surface area contributed by atoms with Crippen molar-refractivity contribution in [3.8, 4) is 22.3 Å². The van der Waals surface area contributed by atoms with Crippen LogP contribution in [0, 0.1) is 0 Å². The molecule has 5 aromatic rings. The predicted octanol–water partition coefficient (Wildman–Crippen LogP) is 5.34. The van der Waals surface area contributed by atoms with Crippen LogP contribution in [0.2, 0.25) is 0 Å². The number of hydrogen-bond donors (Lipinski definition) is 2. The molecule has 0 atom stereocenters. The molecule has 0 spiro atoms. The number of aromatic amines is 2. The van der Waals surface area contributed by atoms with E-state index < -0.39 is 0 Å². The number of nitrogens with one attached hydrogen (secondary N) is 2. The van der Waals surface area contributed by atoms with E-state index in [0.717, 1.165) is 34.3 Å². The van der Waals surface area contributed by atoms with Gasteiger partial charge in [-0.25, -0.2) is 9.97 Å². The molecule has 0 radical (unpaired) electrons. The second kappa shape index (κ2) is 5.85. The van der Waals surface area contributed by atoms with E-state index in [9.17, 15) is 0 Å². The van der Waals surface area contributed by atoms with Crippen LogP contribution in [0.5, 0.6) is 0 Å². The van der Waals surface area contributed by atoms with Crippen molar-refractivity contribution < 1.29 is 0 Å². The summed E-state index contributed by atoms with van der Waals surface area (Å²) in [6, 6.07) is 21.4. The summed E-state index contributed by atoms with van der Waals surface area (Å²) in [6.45, 7) is 2.11. The molecule has 0 saturated heterocycles. The van der Waals surface area contributed by atoms with Gasteiger partial charge in [0, 0.05) is 6.42 Å². The molecule has 5 rings (SSSR count). The Balaban J connectivity index is 1.50. The number of fused-ring (bicyclic) bond motifs is 2. The first-order chi connectivity index (χ1) is 12.8. The fourth-order valence-electron chi connectivity index (χ4n) is 3.38. The lowest BCUT2D eigenvalue weighted by molar-refractivity contribution is 1.00. The number of hydrogen-bond acceptors (Lipinski definition) is 2. The summed E-state index contributed by atoms with van der Waals surface area (Å²) in [7, 11) is 0. The van der Waals surface area contributed by atoms with Gasteiger partial charge in [-0.1, -0.05) is 43.3 Å². The Labute approximate surface area is 150 Å². The molecule has 0 saturated carbocycles. The highest BCUT2D eigenvalue weighted by Crippen LogP contribution is 2.28. The van der Waals surface area contributed by atoms with Gasteiger partial charge >= 0.3 is 0 Å². The van der Waals surface area contributed by atoms with E-state index in [0.29, 0.717) is 0 Å². The number of nitrogens with zero attached hydrogens (tertiary/aromatic N) is 2. The van der Waals surface area contributed by atoms with Crippen molar-refractivity contribution in [2.75, 3.05) is 0 Å². The molecule has 3 aromatic carbocycles. The van der Waals surface area contributed by atoms with Gasteiger partial charge < -0.3 is 9.97 Å². The number of rotatable bonds is 3. The summed E-state index contributed by atoms with van der Waals surface area (Å²) in [6.07, 6.45) is 2.65. The SMILES string of the molecule is CCc1nc2ccc(-c3ccc(-c4ccc5nc[nH]c5c4)cc3)cc2[nH]1. The molecule has 0 fully saturated rings. The molecular formula is C22H18N4. The molecule has 0 aliphatic rings. The predicted molar refractivity (Wildman–Crippen MR) is 106 cm³/mol. The van der Waals surface area contributed by atoms with Crippen molar-refractivity contribution in [2.45, 2.75) is 13.3 Å². The highest BCUT2D eigenvalue weighted by atomic mass is 14.9. The maximum absolute atomic E-state index is 4.58. The molecule has 2 heterocycles. The van der Waals surface area contributed by atoms with Crippen LogP contribution < -0.4 is 0 Å². The van der Waals surface area contributed by atoms with E-state index in [1.165, 1.54) is 22.3 Å². The lowest BCUT2D eigenvalue weighted by atomic mass is 10.00. The zero-order valence-electron chi connectivity index (χ0n) is 14.5. The average Bonchev–Trinajstić information content (AvgIpc) is 3.33. The lowest BCUT2D eigenvalue weighted by Gasteiger charge is -2.05. The van der Waals surface area contributed by atoms with Crippen LogP contribution in [0.4, 0.5) is 0 Å². The van der Waals surface area contributed by atoms with Crippen molar-refractivity contribution in [1.29, 1.82) is 0 Å². The van der Waals surface area contributed by atoms with Gasteiger partial charge in [0.2, 0.25) is 0 Å². The Hall–Kier alpha value is -3.40. The van der Waals surface area contributed by atoms with Gasteiger partial charge in [0.05, 0.1) is 28.4 Å². The first-order valence-electron chi connectivity index (χ1n) is 8.83. The first kappa shape index (κ1) is 14.9. The highest BCUT2D eigenvalue weighted by molar-refractivity contribution is 5.84. The summed E-state index contributed by atoms with van der Waals surface area (Å²) in [5, 5.41) is 0. The minimum Gasteiger partial charge on any atom is -0.345 e. The van der Waals surface area contributed by atoms with E-state index in [1.54, 1.807) is 6.33 Å². The molecule has 0 unspecified atom stereocenters. The Bertz CT molecular complexity index is 1210. The molecule has 2 N–H and O–H groups in total. The van der Waals surface area contributed by atoms with Crippen LogP contribution in [0.1, 0.15) is 12.7 Å². The van der Waals surface area contributed by atoms with Crippen LogP contribution in [-0.2, 0) is 6.42 Å². The first-order valence-corrected chi connectivity index (χ1v) is 8.83. The fourth-order valence-corrected chi connectivity index (χ4v) is 3.38. The third kappa shape index (κ3) is 2.47. The van der Waals surface area contributed by atoms with Gasteiger partial charge in [-0.05, 0) is 46.5 Å². The molecular weight excluding hydrogens is 320 g/mol. The van der Waals surface area contributed by atoms with E-state index in [-0.39, 0.29) is 0 Å². The largest absolute Gasteiger partial charge is 0.345 e. The van der Waals surface area contributed by atoms with Gasteiger partial charge in [-0.2, -0.15) is 0 Å². The zero-order chi connectivity index (χ0) is 17.5. The molecule has 126 valence electrons. The van der Waals surface area contributed by atoms with Gasteiger partial charge in [0.25, 0.3) is 0 Å². The average molecular weight is 338 g/mol. The third-order valence-electron chi connectivity index (χ3n) is 4.84. The number of benzene rings is 3. The number of imidazole rings is 2. The van der Waals surface area contributed by atoms with Gasteiger partial charge in [-0.15, -0.1) is 0 Å². The Morgan fingerprint density at radius 3 is 2.04 bits per heavy atom. The quantitative estimate of drug-likeness (QED) is 0.467. The minimum absolute atomic E-state index is 0.916. The molecule has 26 heavy (non-hydrogen) atoms. The third-order valence-corrected chi connectivity index (χ3v) is 4.84. The van der Waals surface area contributed by atoms with E-state index >= 15 is 0 Å². The summed E-state index contributed by atoms with van der Waals surface area (Å²) >= 11 is 0. The van der Waals surface area contributed by atoms with E-state index in [1.807, 2.05) is 6.07 Å². The number of H-pyrrole nitrogens is 2. The smallest absolute Gasteiger partial charge is 0.106 e. The van der Waals surface area contributed by atoms with Crippen molar-refractivity contribution in [3.63, 3.8) is 0 Å². The summed E-state index contributed by atoms with van der Waals surface area (Å²) < 4.78 is 0. The van der Waals surface area contributed by atoms with Gasteiger partial charge in [-0.3, -0.25) is 0 Å². The highest BCUT2D eigenvalue weighted by Gasteiger charge is 2.06. The number of aromatic nitrogens is 4. The standard InChI is InChI=1S/C22H18N4/c1-2-22-25-19-10-8-17(12-21(19)26-22)15-5-3-14(4-6-15)16-7-9-18-20(11-16)24-13-23-18/h3-13H,2H2,1H3,(H,23,24)(H,25,26). The van der Waals surface area contributed by atoms with Crippen LogP contribution >= 0.6 is 0 Å². The second-order valence-electron chi connectivity index (χ2n) is 6.48. The normalized spacial score (nSPS) is 11.4.